The first kappa shape index (κ1) is 22.4. The Morgan fingerprint density at radius 1 is 1.30 bits per heavy atom. The lowest BCUT2D eigenvalue weighted by Crippen LogP contribution is -2.34. The number of pyridine rings is 1. The van der Waals surface area contributed by atoms with Gasteiger partial charge >= 0.3 is 0 Å². The number of hydrogen-bond acceptors (Lipinski definition) is 5. The second kappa shape index (κ2) is 11.2. The van der Waals surface area contributed by atoms with Crippen molar-refractivity contribution < 1.29 is 14.6 Å². The largest absolute Gasteiger partial charge is 0.494 e. The summed E-state index contributed by atoms with van der Waals surface area (Å²) in [6.45, 7) is 4.81. The summed E-state index contributed by atoms with van der Waals surface area (Å²) in [7, 11) is 0. The van der Waals surface area contributed by atoms with Crippen molar-refractivity contribution in [2.24, 2.45) is 5.92 Å². The lowest BCUT2D eigenvalue weighted by atomic mass is 9.92. The summed E-state index contributed by atoms with van der Waals surface area (Å²) < 4.78 is 5.89. The summed E-state index contributed by atoms with van der Waals surface area (Å²) in [4.78, 5) is 18.8. The van der Waals surface area contributed by atoms with Gasteiger partial charge in [0.15, 0.2) is 0 Å². The van der Waals surface area contributed by atoms with E-state index in [-0.39, 0.29) is 19.1 Å². The second-order valence-electron chi connectivity index (χ2n) is 7.71. The lowest BCUT2D eigenvalue weighted by molar-refractivity contribution is 0.0944. The Balaban J connectivity index is 1.37. The summed E-state index contributed by atoms with van der Waals surface area (Å²) in [6, 6.07) is 9.38. The highest BCUT2D eigenvalue weighted by atomic mass is 35.5. The smallest absolute Gasteiger partial charge is 0.251 e. The molecule has 0 atom stereocenters. The molecule has 1 amide bonds. The molecular weight excluding hydrogens is 402 g/mol. The van der Waals surface area contributed by atoms with Gasteiger partial charge in [-0.15, -0.1) is 0 Å². The molecule has 1 aromatic heterocycles. The lowest BCUT2D eigenvalue weighted by Gasteiger charge is -2.32. The number of amides is 1. The van der Waals surface area contributed by atoms with Crippen LogP contribution < -0.4 is 15.0 Å². The van der Waals surface area contributed by atoms with Gasteiger partial charge in [0.05, 0.1) is 18.2 Å². The Hall–Kier alpha value is -2.31. The van der Waals surface area contributed by atoms with Gasteiger partial charge in [0.25, 0.3) is 5.91 Å². The predicted molar refractivity (Wildman–Crippen MR) is 120 cm³/mol. The number of nitrogens with zero attached hydrogens (tertiary/aromatic N) is 2. The fourth-order valence-corrected chi connectivity index (χ4v) is 3.92. The quantitative estimate of drug-likeness (QED) is 0.590. The number of hydrogen-bond donors (Lipinski definition) is 2. The summed E-state index contributed by atoms with van der Waals surface area (Å²) in [6.07, 6.45) is 6.21. The molecule has 162 valence electrons. The third kappa shape index (κ3) is 6.34. The van der Waals surface area contributed by atoms with E-state index in [2.05, 4.69) is 15.2 Å². The van der Waals surface area contributed by atoms with E-state index in [0.717, 1.165) is 49.0 Å². The zero-order chi connectivity index (χ0) is 21.3. The number of aromatic nitrogens is 1. The minimum atomic E-state index is -0.173. The van der Waals surface area contributed by atoms with Crippen LogP contribution in [0.5, 0.6) is 5.75 Å². The molecule has 3 rings (SSSR count). The molecule has 6 nitrogen and oxygen atoms in total. The minimum Gasteiger partial charge on any atom is -0.494 e. The number of benzene rings is 1. The molecule has 0 aliphatic carbocycles. The van der Waals surface area contributed by atoms with Crippen LogP contribution in [0.4, 0.5) is 5.82 Å². The molecule has 1 fully saturated rings. The number of aliphatic hydroxyl groups excluding tert-OH is 1. The van der Waals surface area contributed by atoms with E-state index in [1.165, 1.54) is 12.8 Å². The van der Waals surface area contributed by atoms with Crippen molar-refractivity contribution in [3.05, 3.63) is 52.7 Å². The van der Waals surface area contributed by atoms with Crippen LogP contribution in [0.3, 0.4) is 0 Å². The SMILES string of the molecule is Cc1cc(OCCCC2CCN(c3ccc(Cl)cn3)CC2)ccc1C(=O)NCCO. The number of nitrogens with one attached hydrogen (secondary N) is 1. The minimum absolute atomic E-state index is 0.0664. The number of aliphatic hydroxyl groups is 1. The number of anilines is 1. The molecular formula is C23H30ClN3O3. The van der Waals surface area contributed by atoms with Crippen molar-refractivity contribution >= 4 is 23.3 Å². The van der Waals surface area contributed by atoms with Gasteiger partial charge in [-0.25, -0.2) is 4.98 Å². The highest BCUT2D eigenvalue weighted by molar-refractivity contribution is 6.30. The molecule has 0 bridgehead atoms. The predicted octanol–water partition coefficient (Wildman–Crippen LogP) is 3.84. The summed E-state index contributed by atoms with van der Waals surface area (Å²) >= 11 is 5.92. The number of aryl methyl sites for hydroxylation is 1. The maximum absolute atomic E-state index is 12.0. The van der Waals surface area contributed by atoms with Crippen LogP contribution >= 0.6 is 11.6 Å². The summed E-state index contributed by atoms with van der Waals surface area (Å²) in [5, 5.41) is 12.2. The molecule has 7 heteroatoms. The Kier molecular flexibility index (Phi) is 8.34. The van der Waals surface area contributed by atoms with Crippen LogP contribution in [0.25, 0.3) is 0 Å². The molecule has 2 aromatic rings. The zero-order valence-electron chi connectivity index (χ0n) is 17.4. The van der Waals surface area contributed by atoms with E-state index in [0.29, 0.717) is 17.2 Å². The van der Waals surface area contributed by atoms with Crippen molar-refractivity contribution in [2.75, 3.05) is 37.7 Å². The molecule has 0 saturated carbocycles. The van der Waals surface area contributed by atoms with Crippen molar-refractivity contribution in [2.45, 2.75) is 32.6 Å². The van der Waals surface area contributed by atoms with E-state index in [1.54, 1.807) is 12.3 Å². The fourth-order valence-electron chi connectivity index (χ4n) is 3.81. The number of ether oxygens (including phenoxy) is 1. The normalized spacial score (nSPS) is 14.6. The monoisotopic (exact) mass is 431 g/mol. The number of carbonyl (C=O) groups is 1. The van der Waals surface area contributed by atoms with E-state index in [9.17, 15) is 4.79 Å². The van der Waals surface area contributed by atoms with E-state index < -0.39 is 0 Å². The fraction of sp³-hybridized carbons (Fsp3) is 0.478. The molecule has 1 aliphatic heterocycles. The van der Waals surface area contributed by atoms with E-state index in [4.69, 9.17) is 21.4 Å². The van der Waals surface area contributed by atoms with Gasteiger partial charge in [-0.3, -0.25) is 4.79 Å². The number of piperidine rings is 1. The van der Waals surface area contributed by atoms with Crippen molar-refractivity contribution in [1.82, 2.24) is 10.3 Å². The second-order valence-corrected chi connectivity index (χ2v) is 8.15. The third-order valence-electron chi connectivity index (χ3n) is 5.52. The van der Waals surface area contributed by atoms with Gasteiger partial charge in [-0.2, -0.15) is 0 Å². The van der Waals surface area contributed by atoms with Gasteiger partial charge < -0.3 is 20.1 Å². The molecule has 1 aliphatic rings. The van der Waals surface area contributed by atoms with Gasteiger partial charge in [0.1, 0.15) is 11.6 Å². The molecule has 0 radical (unpaired) electrons. The molecule has 0 unspecified atom stereocenters. The van der Waals surface area contributed by atoms with Crippen LogP contribution in [-0.2, 0) is 0 Å². The highest BCUT2D eigenvalue weighted by Gasteiger charge is 2.20. The van der Waals surface area contributed by atoms with E-state index >= 15 is 0 Å². The molecule has 30 heavy (non-hydrogen) atoms. The van der Waals surface area contributed by atoms with Crippen LogP contribution in [-0.4, -0.2) is 48.8 Å². The Morgan fingerprint density at radius 2 is 2.10 bits per heavy atom. The maximum Gasteiger partial charge on any atom is 0.251 e. The number of halogens is 1. The number of rotatable bonds is 9. The average Bonchev–Trinajstić information content (AvgIpc) is 2.76. The summed E-state index contributed by atoms with van der Waals surface area (Å²) in [5.41, 5.74) is 1.48. The first-order valence-electron chi connectivity index (χ1n) is 10.6. The zero-order valence-corrected chi connectivity index (χ0v) is 18.2. The van der Waals surface area contributed by atoms with Crippen LogP contribution in [0, 0.1) is 12.8 Å². The first-order chi connectivity index (χ1) is 14.6. The van der Waals surface area contributed by atoms with Gasteiger partial charge in [-0.1, -0.05) is 11.6 Å². The van der Waals surface area contributed by atoms with Crippen molar-refractivity contribution in [1.29, 1.82) is 0 Å². The maximum atomic E-state index is 12.0. The topological polar surface area (TPSA) is 74.7 Å². The van der Waals surface area contributed by atoms with Crippen molar-refractivity contribution in [3.8, 4) is 5.75 Å². The molecule has 2 heterocycles. The van der Waals surface area contributed by atoms with Gasteiger partial charge in [-0.05, 0) is 74.4 Å². The van der Waals surface area contributed by atoms with E-state index in [1.807, 2.05) is 31.2 Å². The Labute approximate surface area is 183 Å². The molecule has 1 saturated heterocycles. The van der Waals surface area contributed by atoms with Crippen LogP contribution in [0.2, 0.25) is 5.02 Å². The first-order valence-corrected chi connectivity index (χ1v) is 10.9. The molecule has 0 spiro atoms. The molecule has 2 N–H and O–H groups in total. The van der Waals surface area contributed by atoms with Crippen LogP contribution in [0.1, 0.15) is 41.6 Å². The van der Waals surface area contributed by atoms with Crippen molar-refractivity contribution in [3.63, 3.8) is 0 Å². The molecule has 1 aromatic carbocycles. The highest BCUT2D eigenvalue weighted by Crippen LogP contribution is 2.26. The standard InChI is InChI=1S/C23H30ClN3O3/c1-17-15-20(5-6-21(17)23(29)25-10-13-28)30-14-2-3-18-8-11-27(12-9-18)22-7-4-19(24)16-26-22/h4-7,15-16,18,28H,2-3,8-14H2,1H3,(H,25,29). The van der Waals surface area contributed by atoms with Gasteiger partial charge in [0.2, 0.25) is 0 Å². The Bertz CT molecular complexity index is 821. The van der Waals surface area contributed by atoms with Crippen LogP contribution in [0.15, 0.2) is 36.5 Å². The summed E-state index contributed by atoms with van der Waals surface area (Å²) in [5.74, 6) is 2.34. The van der Waals surface area contributed by atoms with Gasteiger partial charge in [0, 0.05) is 31.4 Å². The Morgan fingerprint density at radius 3 is 2.77 bits per heavy atom. The average molecular weight is 432 g/mol. The third-order valence-corrected chi connectivity index (χ3v) is 5.74. The number of carbonyl (C=O) groups excluding carboxylic acids is 1.